The second kappa shape index (κ2) is 10.5. The van der Waals surface area contributed by atoms with E-state index in [0.717, 1.165) is 29.4 Å². The van der Waals surface area contributed by atoms with Crippen LogP contribution in [0.25, 0.3) is 0 Å². The Morgan fingerprint density at radius 1 is 0.900 bits per heavy atom. The molecule has 1 aromatic rings. The lowest BCUT2D eigenvalue weighted by Gasteiger charge is -2.19. The van der Waals surface area contributed by atoms with E-state index in [-0.39, 0.29) is 0 Å². The Morgan fingerprint density at radius 3 is 2.15 bits per heavy atom. The number of halogens is 2. The van der Waals surface area contributed by atoms with E-state index in [1.165, 1.54) is 37.7 Å². The Hall–Kier alpha value is -0.240. The van der Waals surface area contributed by atoms with Crippen molar-refractivity contribution in [2.45, 2.75) is 64.8 Å². The van der Waals surface area contributed by atoms with E-state index in [2.05, 4.69) is 19.2 Å². The van der Waals surface area contributed by atoms with Crippen molar-refractivity contribution < 1.29 is 0 Å². The number of rotatable bonds is 10. The van der Waals surface area contributed by atoms with E-state index in [0.29, 0.717) is 6.04 Å². The number of benzene rings is 1. The number of hydrogen-bond acceptors (Lipinski definition) is 1. The molecule has 20 heavy (non-hydrogen) atoms. The first-order valence-electron chi connectivity index (χ1n) is 7.86. The van der Waals surface area contributed by atoms with Gasteiger partial charge in [0.05, 0.1) is 0 Å². The molecule has 0 heterocycles. The summed E-state index contributed by atoms with van der Waals surface area (Å²) in [4.78, 5) is 0. The highest BCUT2D eigenvalue weighted by Gasteiger charge is 2.11. The second-order valence-electron chi connectivity index (χ2n) is 5.41. The van der Waals surface area contributed by atoms with Crippen LogP contribution in [0, 0.1) is 0 Å². The zero-order valence-corrected chi connectivity index (χ0v) is 14.2. The van der Waals surface area contributed by atoms with E-state index in [9.17, 15) is 0 Å². The van der Waals surface area contributed by atoms with Crippen molar-refractivity contribution in [1.82, 2.24) is 5.32 Å². The van der Waals surface area contributed by atoms with Gasteiger partial charge in [0.15, 0.2) is 0 Å². The molecule has 1 atom stereocenters. The predicted octanol–water partition coefficient (Wildman–Crippen LogP) is 6.39. The van der Waals surface area contributed by atoms with Crippen molar-refractivity contribution in [3.8, 4) is 0 Å². The first-order valence-corrected chi connectivity index (χ1v) is 8.62. The van der Waals surface area contributed by atoms with E-state index < -0.39 is 0 Å². The molecular weight excluding hydrogens is 289 g/mol. The molecular formula is C17H27Cl2N. The third kappa shape index (κ3) is 6.97. The lowest BCUT2D eigenvalue weighted by molar-refractivity contribution is 0.468. The van der Waals surface area contributed by atoms with Crippen LogP contribution in [0.15, 0.2) is 18.2 Å². The summed E-state index contributed by atoms with van der Waals surface area (Å²) in [5.74, 6) is 0. The average molecular weight is 316 g/mol. The molecule has 0 aliphatic heterocycles. The topological polar surface area (TPSA) is 12.0 Å². The average Bonchev–Trinajstić information content (AvgIpc) is 2.40. The van der Waals surface area contributed by atoms with Gasteiger partial charge in [-0.2, -0.15) is 0 Å². The van der Waals surface area contributed by atoms with E-state index in [1.807, 2.05) is 12.1 Å². The van der Waals surface area contributed by atoms with Crippen molar-refractivity contribution in [3.05, 3.63) is 33.8 Å². The summed E-state index contributed by atoms with van der Waals surface area (Å²) in [6.07, 6.45) is 8.84. The quantitative estimate of drug-likeness (QED) is 0.493. The largest absolute Gasteiger partial charge is 0.310 e. The SMILES string of the molecule is CCCCCCCC(NCCC)c1cc(Cl)cc(Cl)c1. The maximum atomic E-state index is 6.12. The zero-order chi connectivity index (χ0) is 14.8. The highest BCUT2D eigenvalue weighted by Crippen LogP contribution is 2.27. The summed E-state index contributed by atoms with van der Waals surface area (Å²) in [7, 11) is 0. The summed E-state index contributed by atoms with van der Waals surface area (Å²) in [5.41, 5.74) is 1.21. The van der Waals surface area contributed by atoms with Crippen molar-refractivity contribution in [2.75, 3.05) is 6.54 Å². The molecule has 1 unspecified atom stereocenters. The molecule has 1 N–H and O–H groups in total. The minimum Gasteiger partial charge on any atom is -0.310 e. The standard InChI is InChI=1S/C17H27Cl2N/c1-3-5-6-7-8-9-17(20-10-4-2)14-11-15(18)13-16(19)12-14/h11-13,17,20H,3-10H2,1-2H3. The van der Waals surface area contributed by atoms with Crippen LogP contribution >= 0.6 is 23.2 Å². The summed E-state index contributed by atoms with van der Waals surface area (Å²) in [5, 5.41) is 5.06. The molecule has 3 heteroatoms. The third-order valence-corrected chi connectivity index (χ3v) is 3.96. The van der Waals surface area contributed by atoms with Gasteiger partial charge in [0, 0.05) is 16.1 Å². The van der Waals surface area contributed by atoms with Crippen LogP contribution in [0.2, 0.25) is 10.0 Å². The van der Waals surface area contributed by atoms with Gasteiger partial charge >= 0.3 is 0 Å². The molecule has 0 spiro atoms. The van der Waals surface area contributed by atoms with E-state index >= 15 is 0 Å². The summed E-state index contributed by atoms with van der Waals surface area (Å²) < 4.78 is 0. The van der Waals surface area contributed by atoms with Crippen LogP contribution in [0.4, 0.5) is 0 Å². The Labute approximate surface area is 134 Å². The highest BCUT2D eigenvalue weighted by molar-refractivity contribution is 6.34. The van der Waals surface area contributed by atoms with Crippen LogP contribution < -0.4 is 5.32 Å². The fourth-order valence-corrected chi connectivity index (χ4v) is 2.98. The van der Waals surface area contributed by atoms with Gasteiger partial charge in [-0.15, -0.1) is 0 Å². The maximum Gasteiger partial charge on any atom is 0.0424 e. The molecule has 0 aliphatic rings. The number of hydrogen-bond donors (Lipinski definition) is 1. The Balaban J connectivity index is 2.58. The van der Waals surface area contributed by atoms with E-state index in [4.69, 9.17) is 23.2 Å². The Bertz CT molecular complexity index is 359. The number of nitrogens with one attached hydrogen (secondary N) is 1. The molecule has 0 aliphatic carbocycles. The third-order valence-electron chi connectivity index (χ3n) is 3.52. The smallest absolute Gasteiger partial charge is 0.0424 e. The van der Waals surface area contributed by atoms with Gasteiger partial charge in [-0.1, -0.05) is 69.2 Å². The van der Waals surface area contributed by atoms with Crippen LogP contribution in [0.5, 0.6) is 0 Å². The normalized spacial score (nSPS) is 12.6. The minimum atomic E-state index is 0.368. The van der Waals surface area contributed by atoms with Crippen molar-refractivity contribution in [1.29, 1.82) is 0 Å². The predicted molar refractivity (Wildman–Crippen MR) is 90.9 cm³/mol. The zero-order valence-electron chi connectivity index (χ0n) is 12.7. The molecule has 1 rings (SSSR count). The molecule has 0 fully saturated rings. The van der Waals surface area contributed by atoms with Gasteiger partial charge in [-0.05, 0) is 43.1 Å². The molecule has 0 aromatic heterocycles. The Kier molecular flexibility index (Phi) is 9.33. The summed E-state index contributed by atoms with van der Waals surface area (Å²) in [6.45, 7) is 5.47. The van der Waals surface area contributed by atoms with Gasteiger partial charge in [0.2, 0.25) is 0 Å². The van der Waals surface area contributed by atoms with Gasteiger partial charge in [0.1, 0.15) is 0 Å². The summed E-state index contributed by atoms with van der Waals surface area (Å²) in [6, 6.07) is 6.23. The van der Waals surface area contributed by atoms with Crippen molar-refractivity contribution in [3.63, 3.8) is 0 Å². The molecule has 1 nitrogen and oxygen atoms in total. The molecule has 0 radical (unpaired) electrons. The van der Waals surface area contributed by atoms with E-state index in [1.54, 1.807) is 6.07 Å². The van der Waals surface area contributed by atoms with Crippen LogP contribution in [0.1, 0.15) is 70.4 Å². The molecule has 1 aromatic carbocycles. The van der Waals surface area contributed by atoms with Gasteiger partial charge < -0.3 is 5.32 Å². The van der Waals surface area contributed by atoms with Crippen molar-refractivity contribution >= 4 is 23.2 Å². The first kappa shape index (κ1) is 17.8. The molecule has 0 saturated carbocycles. The molecule has 114 valence electrons. The lowest BCUT2D eigenvalue weighted by atomic mass is 9.99. The minimum absolute atomic E-state index is 0.368. The first-order chi connectivity index (χ1) is 9.67. The molecule has 0 saturated heterocycles. The second-order valence-corrected chi connectivity index (χ2v) is 6.29. The van der Waals surface area contributed by atoms with Gasteiger partial charge in [-0.3, -0.25) is 0 Å². The van der Waals surface area contributed by atoms with Crippen LogP contribution in [-0.4, -0.2) is 6.54 Å². The fraction of sp³-hybridized carbons (Fsp3) is 0.647. The number of unbranched alkanes of at least 4 members (excludes halogenated alkanes) is 4. The van der Waals surface area contributed by atoms with Gasteiger partial charge in [-0.25, -0.2) is 0 Å². The fourth-order valence-electron chi connectivity index (χ4n) is 2.43. The molecule has 0 amide bonds. The highest BCUT2D eigenvalue weighted by atomic mass is 35.5. The van der Waals surface area contributed by atoms with Crippen LogP contribution in [-0.2, 0) is 0 Å². The van der Waals surface area contributed by atoms with Crippen LogP contribution in [0.3, 0.4) is 0 Å². The van der Waals surface area contributed by atoms with Gasteiger partial charge in [0.25, 0.3) is 0 Å². The van der Waals surface area contributed by atoms with Crippen molar-refractivity contribution in [2.24, 2.45) is 0 Å². The monoisotopic (exact) mass is 315 g/mol. The maximum absolute atomic E-state index is 6.12. The Morgan fingerprint density at radius 2 is 1.55 bits per heavy atom. The summed E-state index contributed by atoms with van der Waals surface area (Å²) >= 11 is 12.2. The molecule has 0 bridgehead atoms. The lowest BCUT2D eigenvalue weighted by Crippen LogP contribution is -2.22.